The van der Waals surface area contributed by atoms with Gasteiger partial charge >= 0.3 is 5.97 Å². The standard InChI is InChI=1S/C16H12FN3O2/c17-12-3-1-10(2-4-12)7-15-19-9-14(20-15)13-8-11(16(21)22)5-6-18-13/h1-6,8-9H,7H2,(H,19,20)(H,21,22). The summed E-state index contributed by atoms with van der Waals surface area (Å²) in [7, 11) is 0. The van der Waals surface area contributed by atoms with E-state index < -0.39 is 5.97 Å². The van der Waals surface area contributed by atoms with Crippen LogP contribution < -0.4 is 0 Å². The van der Waals surface area contributed by atoms with E-state index in [1.165, 1.54) is 30.5 Å². The highest BCUT2D eigenvalue weighted by Gasteiger charge is 2.09. The van der Waals surface area contributed by atoms with E-state index in [0.29, 0.717) is 23.6 Å². The van der Waals surface area contributed by atoms with E-state index in [1.807, 2.05) is 0 Å². The van der Waals surface area contributed by atoms with Crippen LogP contribution in [0.15, 0.2) is 48.8 Å². The smallest absolute Gasteiger partial charge is 0.335 e. The van der Waals surface area contributed by atoms with Crippen LogP contribution in [-0.4, -0.2) is 26.0 Å². The van der Waals surface area contributed by atoms with Crippen molar-refractivity contribution in [2.75, 3.05) is 0 Å². The first-order valence-corrected chi connectivity index (χ1v) is 6.60. The monoisotopic (exact) mass is 297 g/mol. The number of carboxylic acid groups (broad SMARTS) is 1. The van der Waals surface area contributed by atoms with Gasteiger partial charge in [0.05, 0.1) is 23.1 Å². The highest BCUT2D eigenvalue weighted by molar-refractivity contribution is 5.88. The van der Waals surface area contributed by atoms with Crippen LogP contribution in [0.2, 0.25) is 0 Å². The number of nitrogens with one attached hydrogen (secondary N) is 1. The second-order valence-electron chi connectivity index (χ2n) is 4.78. The Morgan fingerprint density at radius 2 is 1.95 bits per heavy atom. The first-order chi connectivity index (χ1) is 10.6. The van der Waals surface area contributed by atoms with Crippen molar-refractivity contribution in [2.24, 2.45) is 0 Å². The van der Waals surface area contributed by atoms with Gasteiger partial charge < -0.3 is 10.1 Å². The second kappa shape index (κ2) is 5.77. The molecule has 2 aromatic heterocycles. The van der Waals surface area contributed by atoms with Gasteiger partial charge in [0.1, 0.15) is 11.6 Å². The van der Waals surface area contributed by atoms with Crippen molar-refractivity contribution in [1.29, 1.82) is 0 Å². The Kier molecular flexibility index (Phi) is 3.65. The van der Waals surface area contributed by atoms with Crippen LogP contribution in [0.3, 0.4) is 0 Å². The van der Waals surface area contributed by atoms with Gasteiger partial charge in [-0.3, -0.25) is 4.98 Å². The number of aromatic amines is 1. The molecule has 6 heteroatoms. The van der Waals surface area contributed by atoms with Gasteiger partial charge in [0.25, 0.3) is 0 Å². The maximum Gasteiger partial charge on any atom is 0.335 e. The summed E-state index contributed by atoms with van der Waals surface area (Å²) >= 11 is 0. The number of imidazole rings is 1. The third-order valence-corrected chi connectivity index (χ3v) is 3.20. The molecule has 22 heavy (non-hydrogen) atoms. The third-order valence-electron chi connectivity index (χ3n) is 3.20. The molecule has 0 saturated heterocycles. The number of carbonyl (C=O) groups is 1. The fourth-order valence-corrected chi connectivity index (χ4v) is 2.09. The number of aromatic carboxylic acids is 1. The zero-order chi connectivity index (χ0) is 15.5. The Morgan fingerprint density at radius 3 is 2.68 bits per heavy atom. The Hall–Kier alpha value is -3.02. The molecule has 1 aromatic carbocycles. The zero-order valence-corrected chi connectivity index (χ0v) is 11.5. The third kappa shape index (κ3) is 3.01. The molecule has 0 unspecified atom stereocenters. The van der Waals surface area contributed by atoms with Crippen LogP contribution in [0.5, 0.6) is 0 Å². The lowest BCUT2D eigenvalue weighted by molar-refractivity contribution is 0.0697. The molecule has 0 aliphatic rings. The van der Waals surface area contributed by atoms with Crippen molar-refractivity contribution >= 4 is 5.97 Å². The lowest BCUT2D eigenvalue weighted by Crippen LogP contribution is -1.97. The number of rotatable bonds is 4. The van der Waals surface area contributed by atoms with Crippen molar-refractivity contribution in [3.63, 3.8) is 0 Å². The Labute approximate surface area is 125 Å². The van der Waals surface area contributed by atoms with E-state index in [9.17, 15) is 9.18 Å². The summed E-state index contributed by atoms with van der Waals surface area (Å²) in [5.41, 5.74) is 2.24. The Bertz CT molecular complexity index is 812. The highest BCUT2D eigenvalue weighted by atomic mass is 19.1. The molecule has 0 bridgehead atoms. The number of pyridine rings is 1. The molecule has 110 valence electrons. The van der Waals surface area contributed by atoms with Gasteiger partial charge in [-0.2, -0.15) is 0 Å². The molecule has 0 aliphatic carbocycles. The average Bonchev–Trinajstić information content (AvgIpc) is 2.98. The topological polar surface area (TPSA) is 78.9 Å². The van der Waals surface area contributed by atoms with E-state index in [4.69, 9.17) is 5.11 Å². The van der Waals surface area contributed by atoms with Crippen LogP contribution in [0, 0.1) is 5.82 Å². The van der Waals surface area contributed by atoms with Crippen LogP contribution >= 0.6 is 0 Å². The van der Waals surface area contributed by atoms with E-state index in [0.717, 1.165) is 5.56 Å². The largest absolute Gasteiger partial charge is 0.478 e. The van der Waals surface area contributed by atoms with Crippen LogP contribution in [0.4, 0.5) is 4.39 Å². The zero-order valence-electron chi connectivity index (χ0n) is 11.5. The molecule has 0 aliphatic heterocycles. The SMILES string of the molecule is O=C(O)c1ccnc(-c2cnc(Cc3ccc(F)cc3)[nH]2)c1. The van der Waals surface area contributed by atoms with Crippen LogP contribution in [-0.2, 0) is 6.42 Å². The molecular weight excluding hydrogens is 285 g/mol. The number of nitrogens with zero attached hydrogens (tertiary/aromatic N) is 2. The number of benzene rings is 1. The van der Waals surface area contributed by atoms with Gasteiger partial charge in [-0.1, -0.05) is 12.1 Å². The van der Waals surface area contributed by atoms with Crippen molar-refractivity contribution in [3.05, 3.63) is 71.6 Å². The minimum atomic E-state index is -1.00. The molecule has 0 amide bonds. The van der Waals surface area contributed by atoms with Gasteiger partial charge in [0.15, 0.2) is 0 Å². The summed E-state index contributed by atoms with van der Waals surface area (Å²) in [6, 6.07) is 9.11. The summed E-state index contributed by atoms with van der Waals surface area (Å²) in [6.07, 6.45) is 3.57. The first-order valence-electron chi connectivity index (χ1n) is 6.60. The highest BCUT2D eigenvalue weighted by Crippen LogP contribution is 2.17. The molecule has 3 rings (SSSR count). The quantitative estimate of drug-likeness (QED) is 0.776. The Balaban J connectivity index is 1.83. The summed E-state index contributed by atoms with van der Waals surface area (Å²) in [6.45, 7) is 0. The predicted molar refractivity (Wildman–Crippen MR) is 78.0 cm³/mol. The molecule has 0 atom stereocenters. The average molecular weight is 297 g/mol. The normalized spacial score (nSPS) is 10.6. The fraction of sp³-hybridized carbons (Fsp3) is 0.0625. The fourth-order valence-electron chi connectivity index (χ4n) is 2.09. The van der Waals surface area contributed by atoms with E-state index in [-0.39, 0.29) is 11.4 Å². The maximum absolute atomic E-state index is 12.9. The van der Waals surface area contributed by atoms with Gasteiger partial charge in [-0.15, -0.1) is 0 Å². The summed E-state index contributed by atoms with van der Waals surface area (Å²) in [4.78, 5) is 22.5. The van der Waals surface area contributed by atoms with Gasteiger partial charge in [-0.25, -0.2) is 14.2 Å². The molecule has 0 radical (unpaired) electrons. The molecule has 0 saturated carbocycles. The van der Waals surface area contributed by atoms with Crippen LogP contribution in [0.25, 0.3) is 11.4 Å². The lowest BCUT2D eigenvalue weighted by Gasteiger charge is -2.00. The summed E-state index contributed by atoms with van der Waals surface area (Å²) in [5.74, 6) is -0.586. The minimum absolute atomic E-state index is 0.166. The molecule has 2 heterocycles. The molecular formula is C16H12FN3O2. The predicted octanol–water partition coefficient (Wildman–Crippen LogP) is 2.90. The number of hydrogen-bond acceptors (Lipinski definition) is 3. The van der Waals surface area contributed by atoms with E-state index in [1.54, 1.807) is 18.3 Å². The minimum Gasteiger partial charge on any atom is -0.478 e. The Morgan fingerprint density at radius 1 is 1.18 bits per heavy atom. The molecule has 2 N–H and O–H groups in total. The van der Waals surface area contributed by atoms with Gasteiger partial charge in [0.2, 0.25) is 0 Å². The molecule has 5 nitrogen and oxygen atoms in total. The summed E-state index contributed by atoms with van der Waals surface area (Å²) < 4.78 is 12.9. The van der Waals surface area contributed by atoms with Crippen LogP contribution in [0.1, 0.15) is 21.7 Å². The van der Waals surface area contributed by atoms with Gasteiger partial charge in [0, 0.05) is 12.6 Å². The van der Waals surface area contributed by atoms with Crippen molar-refractivity contribution < 1.29 is 14.3 Å². The summed E-state index contributed by atoms with van der Waals surface area (Å²) in [5, 5.41) is 8.99. The number of H-pyrrole nitrogens is 1. The number of aromatic nitrogens is 3. The van der Waals surface area contributed by atoms with Gasteiger partial charge in [-0.05, 0) is 29.8 Å². The van der Waals surface area contributed by atoms with Crippen molar-refractivity contribution in [1.82, 2.24) is 15.0 Å². The number of carboxylic acids is 1. The number of hydrogen-bond donors (Lipinski definition) is 2. The van der Waals surface area contributed by atoms with Crippen molar-refractivity contribution in [3.8, 4) is 11.4 Å². The van der Waals surface area contributed by atoms with Crippen molar-refractivity contribution in [2.45, 2.75) is 6.42 Å². The molecule has 3 aromatic rings. The molecule has 0 spiro atoms. The number of halogens is 1. The first kappa shape index (κ1) is 13.9. The maximum atomic E-state index is 12.9. The van der Waals surface area contributed by atoms with E-state index >= 15 is 0 Å². The van der Waals surface area contributed by atoms with E-state index in [2.05, 4.69) is 15.0 Å². The molecule has 0 fully saturated rings. The second-order valence-corrected chi connectivity index (χ2v) is 4.78. The lowest BCUT2D eigenvalue weighted by atomic mass is 10.1.